The van der Waals surface area contributed by atoms with Crippen molar-refractivity contribution in [1.29, 1.82) is 0 Å². The first kappa shape index (κ1) is 52.2. The van der Waals surface area contributed by atoms with Crippen LogP contribution in [0.15, 0.2) is 340 Å². The minimum Gasteiger partial charge on any atom is -0.399 e. The molecule has 0 fully saturated rings. The van der Waals surface area contributed by atoms with Gasteiger partial charge in [0.15, 0.2) is 0 Å². The molecule has 13 aromatic carbocycles. The minimum atomic E-state index is 0.719. The van der Waals surface area contributed by atoms with Gasteiger partial charge in [0.1, 0.15) is 0 Å². The maximum atomic E-state index is 6.31. The Labute approximate surface area is 492 Å². The molecule has 0 spiro atoms. The Bertz CT molecular complexity index is 4010. The van der Waals surface area contributed by atoms with E-state index in [0.29, 0.717) is 0 Å². The number of hydrogen-bond donors (Lipinski definition) is 2. The van der Waals surface area contributed by atoms with Gasteiger partial charge in [0.2, 0.25) is 0 Å². The summed E-state index contributed by atoms with van der Waals surface area (Å²) in [4.78, 5) is 4.59. The van der Waals surface area contributed by atoms with Gasteiger partial charge in [0.25, 0.3) is 0 Å². The Kier molecular flexibility index (Phi) is 14.8. The van der Waals surface area contributed by atoms with Crippen LogP contribution in [0.4, 0.5) is 45.5 Å². The van der Waals surface area contributed by atoms with E-state index in [-0.39, 0.29) is 0 Å². The first-order valence-corrected chi connectivity index (χ1v) is 28.5. The molecule has 400 valence electrons. The second-order valence-electron chi connectivity index (χ2n) is 21.0. The predicted molar refractivity (Wildman–Crippen MR) is 356 cm³/mol. The molecule has 13 aromatic rings. The van der Waals surface area contributed by atoms with E-state index in [0.717, 1.165) is 129 Å². The van der Waals surface area contributed by atoms with Crippen LogP contribution in [0.5, 0.6) is 0 Å². The van der Waals surface area contributed by atoms with E-state index in [1.54, 1.807) is 0 Å². The van der Waals surface area contributed by atoms with Crippen LogP contribution in [0.2, 0.25) is 0 Å². The number of hydrogen-bond acceptors (Lipinski definition) is 4. The summed E-state index contributed by atoms with van der Waals surface area (Å²) in [5.74, 6) is 0. The number of rotatable bonds is 15. The van der Waals surface area contributed by atoms with Crippen molar-refractivity contribution < 1.29 is 0 Å². The summed E-state index contributed by atoms with van der Waals surface area (Å²) >= 11 is 0. The Morgan fingerprint density at radius 3 is 0.690 bits per heavy atom. The van der Waals surface area contributed by atoms with E-state index in [1.807, 2.05) is 24.3 Å². The van der Waals surface area contributed by atoms with Gasteiger partial charge in [-0.2, -0.15) is 0 Å². The average Bonchev–Trinajstić information content (AvgIpc) is 2.59. The van der Waals surface area contributed by atoms with Crippen molar-refractivity contribution in [1.82, 2.24) is 0 Å². The van der Waals surface area contributed by atoms with E-state index in [9.17, 15) is 0 Å². The van der Waals surface area contributed by atoms with Crippen molar-refractivity contribution in [3.8, 4) is 55.6 Å². The molecular formula is C80H60N4. The fraction of sp³-hybridized carbons (Fsp3) is 0. The summed E-state index contributed by atoms with van der Waals surface area (Å²) in [5.41, 5.74) is 38.3. The van der Waals surface area contributed by atoms with E-state index < -0.39 is 0 Å². The van der Waals surface area contributed by atoms with Gasteiger partial charge in [0.05, 0.1) is 0 Å². The van der Waals surface area contributed by atoms with E-state index in [2.05, 4.69) is 325 Å². The average molecular weight is 1080 g/mol. The standard InChI is InChI=1S/C80H60N4/c81-71-46-38-63(39-47-71)68-54-69(64-40-48-72(82)49-41-64)56-70(55-68)80(67-36-26-58(27-37-67)57-16-6-1-7-17-57)79(65-32-28-59(29-33-65)61-42-50-77(51-43-61)83(73-18-8-2-9-19-73)74-20-10-3-11-21-74)66-34-30-60(31-35-66)62-44-52-78(53-45-62)84(75-22-12-4-13-23-75)76-24-14-5-15-25-76/h1-56H,81-82H2. The van der Waals surface area contributed by atoms with Crippen molar-refractivity contribution in [3.63, 3.8) is 0 Å². The fourth-order valence-corrected chi connectivity index (χ4v) is 11.3. The summed E-state index contributed by atoms with van der Waals surface area (Å²) in [5, 5.41) is 0. The molecule has 0 atom stereocenters. The SMILES string of the molecule is Nc1ccc(-c2cc(C(=C(c3ccc(-c4ccc(N(c5ccccc5)c5ccccc5)cc4)cc3)c3ccc(-c4ccc(N(c5ccccc5)c5ccccc5)cc4)cc3)c3ccc(-c4ccccc4)cc3)cc(-c3ccc(N)cc3)c2)cc1. The van der Waals surface area contributed by atoms with E-state index in [1.165, 1.54) is 5.56 Å². The molecule has 84 heavy (non-hydrogen) atoms. The van der Waals surface area contributed by atoms with Gasteiger partial charge in [-0.1, -0.05) is 224 Å². The van der Waals surface area contributed by atoms with Crippen molar-refractivity contribution in [2.45, 2.75) is 0 Å². The summed E-state index contributed by atoms with van der Waals surface area (Å²) in [7, 11) is 0. The lowest BCUT2D eigenvalue weighted by molar-refractivity contribution is 1.28. The molecule has 0 saturated carbocycles. The van der Waals surface area contributed by atoms with Crippen molar-refractivity contribution in [3.05, 3.63) is 362 Å². The van der Waals surface area contributed by atoms with E-state index >= 15 is 0 Å². The summed E-state index contributed by atoms with van der Waals surface area (Å²) in [6.45, 7) is 0. The first-order chi connectivity index (χ1) is 41.5. The number of benzene rings is 13. The van der Waals surface area contributed by atoms with Gasteiger partial charge in [0, 0.05) is 45.5 Å². The molecule has 4 heteroatoms. The molecule has 4 N–H and O–H groups in total. The number of nitrogens with zero attached hydrogens (tertiary/aromatic N) is 2. The monoisotopic (exact) mass is 1080 g/mol. The zero-order chi connectivity index (χ0) is 56.6. The molecular weight excluding hydrogens is 1020 g/mol. The Hall–Kier alpha value is -11.2. The zero-order valence-electron chi connectivity index (χ0n) is 46.4. The van der Waals surface area contributed by atoms with Gasteiger partial charge in [-0.15, -0.1) is 0 Å². The highest BCUT2D eigenvalue weighted by Gasteiger charge is 2.21. The predicted octanol–water partition coefficient (Wildman–Crippen LogP) is 21.1. The number of anilines is 8. The van der Waals surface area contributed by atoms with Crippen LogP contribution in [0, 0.1) is 0 Å². The van der Waals surface area contributed by atoms with Crippen LogP contribution in [-0.4, -0.2) is 0 Å². The zero-order valence-corrected chi connectivity index (χ0v) is 46.4. The molecule has 13 rings (SSSR count). The largest absolute Gasteiger partial charge is 0.399 e. The van der Waals surface area contributed by atoms with Crippen LogP contribution in [-0.2, 0) is 0 Å². The van der Waals surface area contributed by atoms with Crippen molar-refractivity contribution in [2.24, 2.45) is 0 Å². The number of para-hydroxylation sites is 4. The maximum Gasteiger partial charge on any atom is 0.0462 e. The van der Waals surface area contributed by atoms with Gasteiger partial charge in [-0.25, -0.2) is 0 Å². The highest BCUT2D eigenvalue weighted by atomic mass is 15.1. The molecule has 0 heterocycles. The van der Waals surface area contributed by atoms with Gasteiger partial charge >= 0.3 is 0 Å². The molecule has 0 aliphatic heterocycles. The van der Waals surface area contributed by atoms with Crippen LogP contribution in [0.25, 0.3) is 66.8 Å². The quantitative estimate of drug-likeness (QED) is 0.0793. The van der Waals surface area contributed by atoms with Gasteiger partial charge in [-0.3, -0.25) is 0 Å². The summed E-state index contributed by atoms with van der Waals surface area (Å²) in [6, 6.07) is 121. The van der Waals surface area contributed by atoms with Gasteiger partial charge in [-0.05, 0) is 204 Å². The van der Waals surface area contributed by atoms with E-state index in [4.69, 9.17) is 11.5 Å². The molecule has 0 aromatic heterocycles. The normalized spacial score (nSPS) is 11.0. The molecule has 4 nitrogen and oxygen atoms in total. The third-order valence-electron chi connectivity index (χ3n) is 15.6. The smallest absolute Gasteiger partial charge is 0.0462 e. The third-order valence-corrected chi connectivity index (χ3v) is 15.6. The van der Waals surface area contributed by atoms with Gasteiger partial charge < -0.3 is 21.3 Å². The minimum absolute atomic E-state index is 0.719. The highest BCUT2D eigenvalue weighted by Crippen LogP contribution is 2.43. The Morgan fingerprint density at radius 1 is 0.179 bits per heavy atom. The number of nitrogen functional groups attached to an aromatic ring is 2. The van der Waals surface area contributed by atoms with Crippen molar-refractivity contribution in [2.75, 3.05) is 21.3 Å². The topological polar surface area (TPSA) is 58.5 Å². The summed E-state index contributed by atoms with van der Waals surface area (Å²) < 4.78 is 0. The fourth-order valence-electron chi connectivity index (χ4n) is 11.3. The molecule has 0 unspecified atom stereocenters. The molecule has 0 saturated heterocycles. The van der Waals surface area contributed by atoms with Crippen LogP contribution in [0.1, 0.15) is 22.3 Å². The molecule has 0 bridgehead atoms. The van der Waals surface area contributed by atoms with Crippen LogP contribution in [0.3, 0.4) is 0 Å². The number of nitrogens with two attached hydrogens (primary N) is 2. The third kappa shape index (κ3) is 11.3. The molecule has 0 aliphatic rings. The second kappa shape index (κ2) is 23.9. The Balaban J connectivity index is 0.969. The van der Waals surface area contributed by atoms with Crippen LogP contribution >= 0.6 is 0 Å². The highest BCUT2D eigenvalue weighted by molar-refractivity contribution is 6.06. The second-order valence-corrected chi connectivity index (χ2v) is 21.0. The lowest BCUT2D eigenvalue weighted by Crippen LogP contribution is -2.09. The maximum absolute atomic E-state index is 6.31. The lowest BCUT2D eigenvalue weighted by atomic mass is 9.83. The Morgan fingerprint density at radius 2 is 0.393 bits per heavy atom. The first-order valence-electron chi connectivity index (χ1n) is 28.5. The summed E-state index contributed by atoms with van der Waals surface area (Å²) in [6.07, 6.45) is 0. The lowest BCUT2D eigenvalue weighted by Gasteiger charge is -2.25. The molecule has 0 aliphatic carbocycles. The van der Waals surface area contributed by atoms with Crippen molar-refractivity contribution >= 4 is 56.6 Å². The molecule has 0 radical (unpaired) electrons. The van der Waals surface area contributed by atoms with Crippen LogP contribution < -0.4 is 21.3 Å². The molecule has 0 amide bonds.